The first-order valence-corrected chi connectivity index (χ1v) is 12.5. The van der Waals surface area contributed by atoms with E-state index < -0.39 is 10.0 Å². The van der Waals surface area contributed by atoms with Gasteiger partial charge in [0.25, 0.3) is 0 Å². The Bertz CT molecular complexity index is 966. The minimum absolute atomic E-state index is 0.0187. The molecule has 0 bridgehead atoms. The molecule has 1 fully saturated rings. The average molecular weight is 461 g/mol. The van der Waals surface area contributed by atoms with Crippen LogP contribution in [0.15, 0.2) is 53.4 Å². The maximum atomic E-state index is 12.7. The number of nitrogens with zero attached hydrogens (tertiary/aromatic N) is 1. The summed E-state index contributed by atoms with van der Waals surface area (Å²) in [6.45, 7) is 6.14. The molecule has 0 unspecified atom stereocenters. The smallest absolute Gasteiger partial charge is 0.243 e. The third kappa shape index (κ3) is 7.05. The zero-order chi connectivity index (χ0) is 23.0. The van der Waals surface area contributed by atoms with Gasteiger partial charge in [0.15, 0.2) is 0 Å². The molecule has 7 nitrogen and oxygen atoms in total. The molecule has 2 aromatic carbocycles. The summed E-state index contributed by atoms with van der Waals surface area (Å²) in [7, 11) is -3.49. The monoisotopic (exact) mass is 460 g/mol. The lowest BCUT2D eigenvalue weighted by Gasteiger charge is -2.26. The van der Waals surface area contributed by atoms with Crippen molar-refractivity contribution in [3.8, 4) is 5.75 Å². The van der Waals surface area contributed by atoms with Gasteiger partial charge in [0.2, 0.25) is 15.9 Å². The van der Waals surface area contributed by atoms with Crippen molar-refractivity contribution in [1.29, 1.82) is 0 Å². The largest absolute Gasteiger partial charge is 0.491 e. The summed E-state index contributed by atoms with van der Waals surface area (Å²) < 4.78 is 37.6. The van der Waals surface area contributed by atoms with Crippen LogP contribution in [-0.2, 0) is 32.4 Å². The zero-order valence-corrected chi connectivity index (χ0v) is 19.6. The highest BCUT2D eigenvalue weighted by molar-refractivity contribution is 7.89. The van der Waals surface area contributed by atoms with Gasteiger partial charge in [0, 0.05) is 26.1 Å². The molecule has 3 rings (SSSR count). The van der Waals surface area contributed by atoms with E-state index in [1.165, 1.54) is 4.31 Å². The van der Waals surface area contributed by atoms with Crippen LogP contribution >= 0.6 is 0 Å². The summed E-state index contributed by atoms with van der Waals surface area (Å²) in [5, 5.41) is 2.94. The molecule has 0 spiro atoms. The maximum Gasteiger partial charge on any atom is 0.243 e. The van der Waals surface area contributed by atoms with Crippen LogP contribution in [0.4, 0.5) is 0 Å². The average Bonchev–Trinajstić information content (AvgIpc) is 2.79. The van der Waals surface area contributed by atoms with Gasteiger partial charge in [-0.2, -0.15) is 4.31 Å². The lowest BCUT2D eigenvalue weighted by atomic mass is 10.1. The predicted octanol–water partition coefficient (Wildman–Crippen LogP) is 2.79. The number of ether oxygens (including phenoxy) is 2. The lowest BCUT2D eigenvalue weighted by Crippen LogP contribution is -2.40. The molecule has 8 heteroatoms. The second kappa shape index (κ2) is 11.4. The van der Waals surface area contributed by atoms with Crippen LogP contribution in [0.1, 0.15) is 31.4 Å². The Kier molecular flexibility index (Phi) is 8.67. The van der Waals surface area contributed by atoms with Crippen LogP contribution < -0.4 is 10.1 Å². The van der Waals surface area contributed by atoms with E-state index in [9.17, 15) is 13.2 Å². The molecular formula is C24H32N2O5S. The molecule has 1 amide bonds. The first-order chi connectivity index (χ1) is 15.3. The number of nitrogens with one attached hydrogen (secondary N) is 1. The fourth-order valence-electron chi connectivity index (χ4n) is 3.46. The number of carbonyl (C=O) groups is 1. The SMILES string of the molecule is CC(C)Oc1ccc(CCNC(=O)CCc2ccc(S(=O)(=O)N3CCOCC3)cc2)cc1. The standard InChI is InChI=1S/C24H32N2O5S/c1-19(2)31-22-8-3-21(4-9-22)13-14-25-24(27)12-7-20-5-10-23(11-6-20)32(28,29)26-15-17-30-18-16-26/h3-6,8-11,19H,7,12-18H2,1-2H3,(H,25,27). The Hall–Kier alpha value is -2.42. The Labute approximate surface area is 190 Å². The van der Waals surface area contributed by atoms with Gasteiger partial charge in [0.05, 0.1) is 24.2 Å². The molecule has 174 valence electrons. The Morgan fingerprint density at radius 3 is 2.22 bits per heavy atom. The normalized spacial score (nSPS) is 15.0. The summed E-state index contributed by atoms with van der Waals surface area (Å²) >= 11 is 0. The minimum atomic E-state index is -3.49. The molecule has 0 atom stereocenters. The minimum Gasteiger partial charge on any atom is -0.491 e. The molecule has 1 aliphatic rings. The highest BCUT2D eigenvalue weighted by Crippen LogP contribution is 2.18. The van der Waals surface area contributed by atoms with Crippen LogP contribution in [0.5, 0.6) is 5.75 Å². The molecule has 0 radical (unpaired) electrons. The van der Waals surface area contributed by atoms with E-state index in [0.717, 1.165) is 23.3 Å². The molecule has 0 saturated carbocycles. The maximum absolute atomic E-state index is 12.7. The summed E-state index contributed by atoms with van der Waals surface area (Å²) in [4.78, 5) is 12.4. The molecule has 32 heavy (non-hydrogen) atoms. The molecule has 1 saturated heterocycles. The Balaban J connectivity index is 1.41. The number of carbonyl (C=O) groups excluding carboxylic acids is 1. The van der Waals surface area contributed by atoms with Gasteiger partial charge in [-0.15, -0.1) is 0 Å². The number of hydrogen-bond donors (Lipinski definition) is 1. The quantitative estimate of drug-likeness (QED) is 0.589. The van der Waals surface area contributed by atoms with E-state index in [4.69, 9.17) is 9.47 Å². The van der Waals surface area contributed by atoms with Crippen LogP contribution in [0, 0.1) is 0 Å². The van der Waals surface area contributed by atoms with Crippen molar-refractivity contribution < 1.29 is 22.7 Å². The zero-order valence-electron chi connectivity index (χ0n) is 18.7. The first kappa shape index (κ1) is 24.2. The molecule has 0 aromatic heterocycles. The van der Waals surface area contributed by atoms with Crippen molar-refractivity contribution in [3.05, 3.63) is 59.7 Å². The number of amides is 1. The van der Waals surface area contributed by atoms with Gasteiger partial charge >= 0.3 is 0 Å². The number of sulfonamides is 1. The van der Waals surface area contributed by atoms with E-state index in [0.29, 0.717) is 45.7 Å². The fraction of sp³-hybridized carbons (Fsp3) is 0.458. The second-order valence-corrected chi connectivity index (χ2v) is 10.0. The Morgan fingerprint density at radius 2 is 1.59 bits per heavy atom. The van der Waals surface area contributed by atoms with E-state index in [-0.39, 0.29) is 16.9 Å². The van der Waals surface area contributed by atoms with Crippen molar-refractivity contribution in [2.75, 3.05) is 32.8 Å². The van der Waals surface area contributed by atoms with Crippen molar-refractivity contribution in [2.24, 2.45) is 0 Å². The predicted molar refractivity (Wildman–Crippen MR) is 123 cm³/mol. The highest BCUT2D eigenvalue weighted by Gasteiger charge is 2.26. The summed E-state index contributed by atoms with van der Waals surface area (Å²) in [6.07, 6.45) is 1.81. The third-order valence-corrected chi connectivity index (χ3v) is 7.12. The van der Waals surface area contributed by atoms with Crippen LogP contribution in [0.25, 0.3) is 0 Å². The number of aryl methyl sites for hydroxylation is 1. The van der Waals surface area contributed by atoms with Crippen molar-refractivity contribution in [2.45, 2.75) is 44.1 Å². The Morgan fingerprint density at radius 1 is 1.00 bits per heavy atom. The van der Waals surface area contributed by atoms with Gasteiger partial charge in [-0.25, -0.2) is 8.42 Å². The van der Waals surface area contributed by atoms with Gasteiger partial charge in [-0.3, -0.25) is 4.79 Å². The fourth-order valence-corrected chi connectivity index (χ4v) is 4.87. The molecule has 2 aromatic rings. The second-order valence-electron chi connectivity index (χ2n) is 8.07. The van der Waals surface area contributed by atoms with E-state index in [1.807, 2.05) is 38.1 Å². The number of benzene rings is 2. The van der Waals surface area contributed by atoms with E-state index >= 15 is 0 Å². The van der Waals surface area contributed by atoms with E-state index in [2.05, 4.69) is 5.32 Å². The first-order valence-electron chi connectivity index (χ1n) is 11.0. The lowest BCUT2D eigenvalue weighted by molar-refractivity contribution is -0.121. The van der Waals surface area contributed by atoms with Crippen molar-refractivity contribution >= 4 is 15.9 Å². The summed E-state index contributed by atoms with van der Waals surface area (Å²) in [6, 6.07) is 14.7. The molecule has 1 aliphatic heterocycles. The van der Waals surface area contributed by atoms with Crippen molar-refractivity contribution in [3.63, 3.8) is 0 Å². The van der Waals surface area contributed by atoms with Gasteiger partial charge in [-0.1, -0.05) is 24.3 Å². The molecular weight excluding hydrogens is 428 g/mol. The van der Waals surface area contributed by atoms with Gasteiger partial charge < -0.3 is 14.8 Å². The molecule has 1 heterocycles. The van der Waals surface area contributed by atoms with Crippen LogP contribution in [0.3, 0.4) is 0 Å². The van der Waals surface area contributed by atoms with Crippen LogP contribution in [-0.4, -0.2) is 57.6 Å². The number of morpholine rings is 1. The molecule has 1 N–H and O–H groups in total. The van der Waals surface area contributed by atoms with Crippen LogP contribution in [0.2, 0.25) is 0 Å². The van der Waals surface area contributed by atoms with Gasteiger partial charge in [0.1, 0.15) is 5.75 Å². The third-order valence-electron chi connectivity index (χ3n) is 5.20. The summed E-state index contributed by atoms with van der Waals surface area (Å²) in [5.41, 5.74) is 2.07. The number of rotatable bonds is 10. The van der Waals surface area contributed by atoms with Crippen molar-refractivity contribution in [1.82, 2.24) is 9.62 Å². The topological polar surface area (TPSA) is 84.9 Å². The number of hydrogen-bond acceptors (Lipinski definition) is 5. The molecule has 0 aliphatic carbocycles. The summed E-state index contributed by atoms with van der Waals surface area (Å²) in [5.74, 6) is 0.825. The highest BCUT2D eigenvalue weighted by atomic mass is 32.2. The van der Waals surface area contributed by atoms with Gasteiger partial charge in [-0.05, 0) is 62.1 Å². The van der Waals surface area contributed by atoms with E-state index in [1.54, 1.807) is 24.3 Å².